The average molecular weight is 949 g/mol. The van der Waals surface area contributed by atoms with Crippen LogP contribution in [-0.2, 0) is 14.3 Å². The van der Waals surface area contributed by atoms with E-state index in [9.17, 15) is 19.8 Å². The van der Waals surface area contributed by atoms with E-state index in [0.29, 0.717) is 19.3 Å². The molecule has 0 rings (SSSR count). The van der Waals surface area contributed by atoms with Gasteiger partial charge in [0.05, 0.1) is 25.2 Å². The molecule has 3 unspecified atom stereocenters. The number of rotatable bonds is 51. The van der Waals surface area contributed by atoms with Crippen LogP contribution < -0.4 is 5.32 Å². The van der Waals surface area contributed by atoms with Crippen LogP contribution in [0.2, 0.25) is 0 Å². The molecule has 0 radical (unpaired) electrons. The van der Waals surface area contributed by atoms with Crippen molar-refractivity contribution in [3.63, 3.8) is 0 Å². The van der Waals surface area contributed by atoms with Crippen molar-refractivity contribution in [1.82, 2.24) is 5.32 Å². The molecule has 6 heteroatoms. The fourth-order valence-electron chi connectivity index (χ4n) is 8.48. The molecule has 1 amide bonds. The summed E-state index contributed by atoms with van der Waals surface area (Å²) in [5.74, 6) is -0.529. The topological polar surface area (TPSA) is 95.9 Å². The largest absolute Gasteiger partial charge is 0.462 e. The van der Waals surface area contributed by atoms with Gasteiger partial charge >= 0.3 is 5.97 Å². The Bertz CT molecular complexity index is 1290. The van der Waals surface area contributed by atoms with Gasteiger partial charge in [-0.15, -0.1) is 0 Å². The number of hydrogen-bond acceptors (Lipinski definition) is 5. The number of hydrogen-bond donors (Lipinski definition) is 3. The highest BCUT2D eigenvalue weighted by Crippen LogP contribution is 2.18. The van der Waals surface area contributed by atoms with Gasteiger partial charge in [0, 0.05) is 6.42 Å². The molecule has 6 nitrogen and oxygen atoms in total. The maximum atomic E-state index is 13.3. The van der Waals surface area contributed by atoms with Crippen molar-refractivity contribution in [1.29, 1.82) is 0 Å². The molecule has 3 atom stereocenters. The molecule has 0 heterocycles. The number of amides is 1. The lowest BCUT2D eigenvalue weighted by atomic mass is 10.0. The molecule has 392 valence electrons. The number of unbranched alkanes of at least 4 members (excludes halogenated alkanes) is 29. The van der Waals surface area contributed by atoms with Gasteiger partial charge in [-0.25, -0.2) is 0 Å². The van der Waals surface area contributed by atoms with Crippen molar-refractivity contribution in [2.75, 3.05) is 6.61 Å². The van der Waals surface area contributed by atoms with Crippen LogP contribution in [0.1, 0.15) is 271 Å². The van der Waals surface area contributed by atoms with E-state index in [2.05, 4.69) is 74.7 Å². The Labute approximate surface area is 421 Å². The molecule has 0 aromatic rings. The Morgan fingerprint density at radius 3 is 1.35 bits per heavy atom. The summed E-state index contributed by atoms with van der Waals surface area (Å²) in [6.07, 6.45) is 72.1. The third-order valence-corrected chi connectivity index (χ3v) is 12.8. The fraction of sp³-hybridized carbons (Fsp3) is 0.742. The first kappa shape index (κ1) is 65.0. The van der Waals surface area contributed by atoms with Crippen molar-refractivity contribution in [3.8, 4) is 0 Å². The summed E-state index contributed by atoms with van der Waals surface area (Å²) >= 11 is 0. The fourth-order valence-corrected chi connectivity index (χ4v) is 8.48. The van der Waals surface area contributed by atoms with Crippen molar-refractivity contribution in [3.05, 3.63) is 85.1 Å². The van der Waals surface area contributed by atoms with Crippen LogP contribution in [0.15, 0.2) is 85.1 Å². The van der Waals surface area contributed by atoms with Gasteiger partial charge in [-0.1, -0.05) is 266 Å². The quantitative estimate of drug-likeness (QED) is 0.0244. The Balaban J connectivity index is 4.63. The first-order valence-electron chi connectivity index (χ1n) is 28.9. The minimum absolute atomic E-state index is 0.0515. The van der Waals surface area contributed by atoms with E-state index >= 15 is 0 Å². The van der Waals surface area contributed by atoms with Crippen molar-refractivity contribution in [2.45, 2.75) is 289 Å². The Hall–Kier alpha value is -2.96. The van der Waals surface area contributed by atoms with Crippen LogP contribution in [0.3, 0.4) is 0 Å². The summed E-state index contributed by atoms with van der Waals surface area (Å²) in [6, 6.07) is -0.719. The summed E-state index contributed by atoms with van der Waals surface area (Å²) in [4.78, 5) is 26.3. The van der Waals surface area contributed by atoms with Crippen molar-refractivity contribution >= 4 is 11.9 Å². The zero-order valence-corrected chi connectivity index (χ0v) is 44.7. The van der Waals surface area contributed by atoms with Gasteiger partial charge in [-0.05, 0) is 77.0 Å². The minimum Gasteiger partial charge on any atom is -0.462 e. The van der Waals surface area contributed by atoms with Gasteiger partial charge in [0.1, 0.15) is 6.10 Å². The zero-order valence-electron chi connectivity index (χ0n) is 44.7. The van der Waals surface area contributed by atoms with Gasteiger partial charge in [0.2, 0.25) is 5.91 Å². The first-order chi connectivity index (χ1) is 33.5. The molecule has 0 aliphatic heterocycles. The molecule has 68 heavy (non-hydrogen) atoms. The molecular weight excluding hydrogens is 839 g/mol. The smallest absolute Gasteiger partial charge is 0.306 e. The number of esters is 1. The summed E-state index contributed by atoms with van der Waals surface area (Å²) in [5.41, 5.74) is 0. The molecule has 3 N–H and O–H groups in total. The molecular formula is C62H109NO5. The normalized spacial score (nSPS) is 13.8. The number of ether oxygens (including phenoxy) is 1. The highest BCUT2D eigenvalue weighted by molar-refractivity contribution is 5.77. The second kappa shape index (κ2) is 55.0. The Kier molecular flexibility index (Phi) is 52.6. The van der Waals surface area contributed by atoms with E-state index in [1.54, 1.807) is 0 Å². The molecule has 0 aromatic carbocycles. The second-order valence-corrected chi connectivity index (χ2v) is 19.4. The maximum Gasteiger partial charge on any atom is 0.306 e. The molecule has 0 aromatic heterocycles. The lowest BCUT2D eigenvalue weighted by Gasteiger charge is -2.24. The third-order valence-electron chi connectivity index (χ3n) is 12.8. The van der Waals surface area contributed by atoms with E-state index < -0.39 is 18.2 Å². The lowest BCUT2D eigenvalue weighted by molar-refractivity contribution is -0.151. The molecule has 0 saturated heterocycles. The molecule has 0 saturated carbocycles. The number of carbonyl (C=O) groups is 2. The van der Waals surface area contributed by atoms with Crippen LogP contribution >= 0.6 is 0 Å². The highest BCUT2D eigenvalue weighted by Gasteiger charge is 2.24. The summed E-state index contributed by atoms with van der Waals surface area (Å²) < 4.78 is 5.94. The monoisotopic (exact) mass is 948 g/mol. The summed E-state index contributed by atoms with van der Waals surface area (Å²) in [6.45, 7) is 6.33. The third kappa shape index (κ3) is 49.5. The minimum atomic E-state index is -0.803. The summed E-state index contributed by atoms with van der Waals surface area (Å²) in [5, 5.41) is 23.9. The molecule has 0 aliphatic carbocycles. The van der Waals surface area contributed by atoms with Gasteiger partial charge in [-0.2, -0.15) is 0 Å². The van der Waals surface area contributed by atoms with Gasteiger partial charge in [0.15, 0.2) is 0 Å². The molecule has 0 spiro atoms. The molecule has 0 fully saturated rings. The van der Waals surface area contributed by atoms with E-state index in [0.717, 1.165) is 83.5 Å². The van der Waals surface area contributed by atoms with Crippen LogP contribution in [0.25, 0.3) is 0 Å². The van der Waals surface area contributed by atoms with Crippen LogP contribution in [-0.4, -0.2) is 46.9 Å². The Morgan fingerprint density at radius 2 is 0.853 bits per heavy atom. The first-order valence-corrected chi connectivity index (χ1v) is 28.9. The van der Waals surface area contributed by atoms with Gasteiger partial charge < -0.3 is 20.3 Å². The van der Waals surface area contributed by atoms with Crippen LogP contribution in [0, 0.1) is 0 Å². The van der Waals surface area contributed by atoms with Crippen molar-refractivity contribution in [2.24, 2.45) is 0 Å². The second-order valence-electron chi connectivity index (χ2n) is 19.4. The van der Waals surface area contributed by atoms with E-state index in [1.807, 2.05) is 36.5 Å². The summed E-state index contributed by atoms with van der Waals surface area (Å²) in [7, 11) is 0. The standard InChI is InChI=1S/C62H109NO5/c1-4-7-10-13-16-19-22-25-28-30-33-35-38-41-44-47-50-53-58(68-62(67)55-52-49-46-43-40-37-32-27-24-21-18-15-12-9-6-3)56-61(66)63-59(57-64)60(65)54-51-48-45-42-39-36-34-31-29-26-23-20-17-14-11-8-5-2/h9,12,15-16,18-19,21,24-25,27-28,32,37,40,58-60,64-65H,4-8,10-11,13-14,17,20,22-23,26,29-31,33-36,38-39,41-57H2,1-3H3,(H,63,66)/b12-9+,18-15+,19-16-,24-21-,28-25-,32-27-,40-37+. The number of aliphatic hydroxyl groups excluding tert-OH is 2. The lowest BCUT2D eigenvalue weighted by Crippen LogP contribution is -2.46. The molecule has 0 aliphatic rings. The number of nitrogens with one attached hydrogen (secondary N) is 1. The van der Waals surface area contributed by atoms with E-state index in [1.165, 1.54) is 141 Å². The number of carbonyl (C=O) groups excluding carboxylic acids is 2. The number of allylic oxidation sites excluding steroid dienone is 14. The predicted octanol–water partition coefficient (Wildman–Crippen LogP) is 17.9. The van der Waals surface area contributed by atoms with E-state index in [-0.39, 0.29) is 24.9 Å². The zero-order chi connectivity index (χ0) is 49.5. The molecule has 0 bridgehead atoms. The van der Waals surface area contributed by atoms with Crippen LogP contribution in [0.4, 0.5) is 0 Å². The highest BCUT2D eigenvalue weighted by atomic mass is 16.5. The van der Waals surface area contributed by atoms with Gasteiger partial charge in [-0.3, -0.25) is 9.59 Å². The van der Waals surface area contributed by atoms with E-state index in [4.69, 9.17) is 4.74 Å². The predicted molar refractivity (Wildman–Crippen MR) is 296 cm³/mol. The van der Waals surface area contributed by atoms with Crippen LogP contribution in [0.5, 0.6) is 0 Å². The Morgan fingerprint density at radius 1 is 0.456 bits per heavy atom. The van der Waals surface area contributed by atoms with Gasteiger partial charge in [0.25, 0.3) is 0 Å². The maximum absolute atomic E-state index is 13.3. The SMILES string of the molecule is CC/C=C/C=C/C=C\C=C/C=C/CCCCCC(=O)OC(CCCCCCCCC/C=C\C/C=C\CCCCC)CC(=O)NC(CO)C(O)CCCCCCCCCCCCCCCCCCC. The van der Waals surface area contributed by atoms with Crippen molar-refractivity contribution < 1.29 is 24.5 Å². The average Bonchev–Trinajstić information content (AvgIpc) is 3.33. The number of aliphatic hydroxyl groups is 2.